The zero-order valence-electron chi connectivity index (χ0n) is 12.7. The van der Waals surface area contributed by atoms with Gasteiger partial charge in [0.2, 0.25) is 0 Å². The van der Waals surface area contributed by atoms with Crippen LogP contribution >= 0.6 is 11.8 Å². The molecule has 22 heavy (non-hydrogen) atoms. The lowest BCUT2D eigenvalue weighted by molar-refractivity contribution is 1.01. The maximum absolute atomic E-state index is 4.68. The van der Waals surface area contributed by atoms with Gasteiger partial charge in [-0.1, -0.05) is 30.3 Å². The first-order valence-electron chi connectivity index (χ1n) is 7.20. The van der Waals surface area contributed by atoms with Gasteiger partial charge in [0.1, 0.15) is 0 Å². The van der Waals surface area contributed by atoms with Crippen molar-refractivity contribution in [2.45, 2.75) is 11.8 Å². The van der Waals surface area contributed by atoms with E-state index in [2.05, 4.69) is 65.2 Å². The Hall–Kier alpha value is -2.26. The topological polar surface area (TPSA) is 17.3 Å². The molecule has 0 fully saturated rings. The van der Waals surface area contributed by atoms with E-state index in [4.69, 9.17) is 0 Å². The van der Waals surface area contributed by atoms with E-state index in [0.29, 0.717) is 0 Å². The molecule has 0 aliphatic carbocycles. The third-order valence-electron chi connectivity index (χ3n) is 3.54. The van der Waals surface area contributed by atoms with Crippen molar-refractivity contribution in [2.75, 3.05) is 6.26 Å². The molecule has 2 nitrogen and oxygen atoms in total. The van der Waals surface area contributed by atoms with Crippen molar-refractivity contribution < 1.29 is 0 Å². The summed E-state index contributed by atoms with van der Waals surface area (Å²) in [6.07, 6.45) is 4.01. The Labute approximate surface area is 135 Å². The van der Waals surface area contributed by atoms with Crippen LogP contribution in [0.4, 0.5) is 5.69 Å². The van der Waals surface area contributed by atoms with Crippen LogP contribution in [0.2, 0.25) is 0 Å². The second-order valence-electron chi connectivity index (χ2n) is 5.00. The second kappa shape index (κ2) is 6.67. The monoisotopic (exact) mass is 306 g/mol. The summed E-state index contributed by atoms with van der Waals surface area (Å²) < 4.78 is 2.21. The Morgan fingerprint density at radius 3 is 2.41 bits per heavy atom. The minimum Gasteiger partial charge on any atom is -0.313 e. The second-order valence-corrected chi connectivity index (χ2v) is 5.85. The van der Waals surface area contributed by atoms with Crippen LogP contribution in [-0.2, 0) is 0 Å². The normalized spacial score (nSPS) is 11.2. The molecule has 3 heteroatoms. The Morgan fingerprint density at radius 1 is 0.909 bits per heavy atom. The number of benzene rings is 2. The van der Waals surface area contributed by atoms with Gasteiger partial charge < -0.3 is 4.57 Å². The van der Waals surface area contributed by atoms with Crippen LogP contribution in [-0.4, -0.2) is 17.0 Å². The number of para-hydroxylation sites is 2. The molecule has 3 aromatic rings. The van der Waals surface area contributed by atoms with Gasteiger partial charge in [-0.25, -0.2) is 0 Å². The maximum Gasteiger partial charge on any atom is 0.0766 e. The standard InChI is InChI=1S/C19H18N2S/c1-15-12-13-17(21(15)16-8-4-3-5-9-16)14-20-18-10-6-7-11-19(18)22-2/h3-14H,1-2H3. The SMILES string of the molecule is CSc1ccccc1N=Cc1ccc(C)n1-c1ccccc1. The van der Waals surface area contributed by atoms with E-state index >= 15 is 0 Å². The van der Waals surface area contributed by atoms with Gasteiger partial charge >= 0.3 is 0 Å². The first-order valence-corrected chi connectivity index (χ1v) is 8.43. The highest BCUT2D eigenvalue weighted by atomic mass is 32.2. The molecule has 0 N–H and O–H groups in total. The van der Waals surface area contributed by atoms with Crippen molar-refractivity contribution in [1.82, 2.24) is 4.57 Å². The first kappa shape index (κ1) is 14.7. The summed E-state index contributed by atoms with van der Waals surface area (Å²) in [6, 6.07) is 22.8. The van der Waals surface area contributed by atoms with Crippen LogP contribution in [0, 0.1) is 6.92 Å². The number of nitrogens with zero attached hydrogens (tertiary/aromatic N) is 2. The maximum atomic E-state index is 4.68. The molecule has 0 aliphatic heterocycles. The molecule has 110 valence electrons. The zero-order valence-corrected chi connectivity index (χ0v) is 13.5. The van der Waals surface area contributed by atoms with Crippen molar-refractivity contribution >= 4 is 23.7 Å². The average Bonchev–Trinajstić information content (AvgIpc) is 2.94. The van der Waals surface area contributed by atoms with Crippen molar-refractivity contribution in [1.29, 1.82) is 0 Å². The quantitative estimate of drug-likeness (QED) is 0.475. The molecule has 1 heterocycles. The molecule has 3 rings (SSSR count). The molecule has 0 atom stereocenters. The summed E-state index contributed by atoms with van der Waals surface area (Å²) >= 11 is 1.72. The van der Waals surface area contributed by atoms with Gasteiger partial charge in [0, 0.05) is 16.3 Å². The van der Waals surface area contributed by atoms with Crippen LogP contribution in [0.3, 0.4) is 0 Å². The molecule has 0 spiro atoms. The molecule has 0 saturated carbocycles. The fourth-order valence-corrected chi connectivity index (χ4v) is 3.01. The predicted molar refractivity (Wildman–Crippen MR) is 96.0 cm³/mol. The van der Waals surface area contributed by atoms with Gasteiger partial charge in [0.25, 0.3) is 0 Å². The van der Waals surface area contributed by atoms with E-state index in [-0.39, 0.29) is 0 Å². The summed E-state index contributed by atoms with van der Waals surface area (Å²) in [5, 5.41) is 0. The van der Waals surface area contributed by atoms with Gasteiger partial charge in [-0.2, -0.15) is 0 Å². The lowest BCUT2D eigenvalue weighted by atomic mass is 10.3. The number of hydrogen-bond donors (Lipinski definition) is 0. The van der Waals surface area contributed by atoms with Crippen molar-refractivity contribution in [3.8, 4) is 5.69 Å². The zero-order chi connectivity index (χ0) is 15.4. The fraction of sp³-hybridized carbons (Fsp3) is 0.105. The Balaban J connectivity index is 1.99. The van der Waals surface area contributed by atoms with E-state index in [1.54, 1.807) is 11.8 Å². The minimum absolute atomic E-state index is 1.01. The molecular formula is C19H18N2S. The Bertz CT molecular complexity index is 788. The van der Waals surface area contributed by atoms with Gasteiger partial charge in [0.15, 0.2) is 0 Å². The fourth-order valence-electron chi connectivity index (χ4n) is 2.46. The average molecular weight is 306 g/mol. The van der Waals surface area contributed by atoms with Gasteiger partial charge in [-0.3, -0.25) is 4.99 Å². The van der Waals surface area contributed by atoms with E-state index in [0.717, 1.165) is 17.1 Å². The number of thioether (sulfide) groups is 1. The first-order chi connectivity index (χ1) is 10.8. The van der Waals surface area contributed by atoms with Crippen LogP contribution in [0.15, 0.2) is 76.6 Å². The van der Waals surface area contributed by atoms with Crippen molar-refractivity contribution in [3.63, 3.8) is 0 Å². The van der Waals surface area contributed by atoms with Crippen molar-refractivity contribution in [3.05, 3.63) is 78.1 Å². The molecule has 0 aliphatic rings. The number of hydrogen-bond acceptors (Lipinski definition) is 2. The summed E-state index contributed by atoms with van der Waals surface area (Å²) in [7, 11) is 0. The minimum atomic E-state index is 1.01. The van der Waals surface area contributed by atoms with E-state index in [1.807, 2.05) is 30.5 Å². The predicted octanol–water partition coefficient (Wildman–Crippen LogP) is 5.26. The lowest BCUT2D eigenvalue weighted by Gasteiger charge is -2.09. The number of aliphatic imine (C=N–C) groups is 1. The van der Waals surface area contributed by atoms with Crippen LogP contribution < -0.4 is 0 Å². The van der Waals surface area contributed by atoms with Crippen LogP contribution in [0.5, 0.6) is 0 Å². The molecule has 0 saturated heterocycles. The van der Waals surface area contributed by atoms with Gasteiger partial charge in [-0.05, 0) is 49.6 Å². The molecule has 2 aromatic carbocycles. The third kappa shape index (κ3) is 3.00. The van der Waals surface area contributed by atoms with E-state index in [1.165, 1.54) is 10.6 Å². The molecule has 0 unspecified atom stereocenters. The smallest absolute Gasteiger partial charge is 0.0766 e. The lowest BCUT2D eigenvalue weighted by Crippen LogP contribution is -2.00. The summed E-state index contributed by atoms with van der Waals surface area (Å²) in [4.78, 5) is 5.87. The van der Waals surface area contributed by atoms with Crippen LogP contribution in [0.25, 0.3) is 5.69 Å². The largest absolute Gasteiger partial charge is 0.313 e. The number of aryl methyl sites for hydroxylation is 1. The van der Waals surface area contributed by atoms with Gasteiger partial charge in [0.05, 0.1) is 17.6 Å². The highest BCUT2D eigenvalue weighted by Gasteiger charge is 2.05. The third-order valence-corrected chi connectivity index (χ3v) is 4.33. The summed E-state index contributed by atoms with van der Waals surface area (Å²) in [5.41, 5.74) is 4.45. The molecular weight excluding hydrogens is 288 g/mol. The molecule has 0 amide bonds. The summed E-state index contributed by atoms with van der Waals surface area (Å²) in [6.45, 7) is 2.11. The molecule has 0 bridgehead atoms. The molecule has 1 aromatic heterocycles. The van der Waals surface area contributed by atoms with Crippen molar-refractivity contribution in [2.24, 2.45) is 4.99 Å². The Morgan fingerprint density at radius 2 is 1.64 bits per heavy atom. The molecule has 0 radical (unpaired) electrons. The summed E-state index contributed by atoms with van der Waals surface area (Å²) in [5.74, 6) is 0. The van der Waals surface area contributed by atoms with E-state index < -0.39 is 0 Å². The van der Waals surface area contributed by atoms with Crippen LogP contribution in [0.1, 0.15) is 11.4 Å². The highest BCUT2D eigenvalue weighted by molar-refractivity contribution is 7.98. The number of aromatic nitrogens is 1. The highest BCUT2D eigenvalue weighted by Crippen LogP contribution is 2.27. The van der Waals surface area contributed by atoms with E-state index in [9.17, 15) is 0 Å². The Kier molecular flexibility index (Phi) is 4.45. The number of rotatable bonds is 4. The van der Waals surface area contributed by atoms with Gasteiger partial charge in [-0.15, -0.1) is 11.8 Å².